The van der Waals surface area contributed by atoms with E-state index in [-0.39, 0.29) is 5.56 Å². The molecule has 6 nitrogen and oxygen atoms in total. The molecule has 2 aromatic rings. The zero-order chi connectivity index (χ0) is 19.1. The van der Waals surface area contributed by atoms with Crippen molar-refractivity contribution in [3.63, 3.8) is 0 Å². The maximum absolute atomic E-state index is 13.0. The van der Waals surface area contributed by atoms with E-state index in [4.69, 9.17) is 14.2 Å². The fraction of sp³-hybridized carbons (Fsp3) is 0.263. The lowest BCUT2D eigenvalue weighted by Gasteiger charge is -2.21. The van der Waals surface area contributed by atoms with Crippen LogP contribution in [0.5, 0.6) is 11.5 Å². The molecule has 0 saturated carbocycles. The van der Waals surface area contributed by atoms with Gasteiger partial charge in [-0.25, -0.2) is 9.18 Å². The largest absolute Gasteiger partial charge is 0.497 e. The average molecular weight is 361 g/mol. The Bertz CT molecular complexity index is 776. The number of anilines is 1. The Kier molecular flexibility index (Phi) is 6.54. The van der Waals surface area contributed by atoms with Crippen molar-refractivity contribution in [3.8, 4) is 11.5 Å². The smallest absolute Gasteiger partial charge is 0.342 e. The number of esters is 1. The topological polar surface area (TPSA) is 65.1 Å². The SMILES string of the molecule is CCN(C(=O)COC(=O)c1cc(OC)ccc1OC)c1ccc(F)cc1. The molecular formula is C19H20FNO5. The lowest BCUT2D eigenvalue weighted by Crippen LogP contribution is -2.34. The highest BCUT2D eigenvalue weighted by molar-refractivity contribution is 5.98. The molecule has 0 spiro atoms. The third-order valence-corrected chi connectivity index (χ3v) is 3.71. The lowest BCUT2D eigenvalue weighted by atomic mass is 10.2. The first-order valence-corrected chi connectivity index (χ1v) is 7.95. The van der Waals surface area contributed by atoms with Gasteiger partial charge in [-0.2, -0.15) is 0 Å². The van der Waals surface area contributed by atoms with Crippen molar-refractivity contribution in [2.75, 3.05) is 32.3 Å². The molecule has 0 N–H and O–H groups in total. The van der Waals surface area contributed by atoms with Crippen molar-refractivity contribution >= 4 is 17.6 Å². The van der Waals surface area contributed by atoms with Crippen molar-refractivity contribution in [1.82, 2.24) is 0 Å². The summed E-state index contributed by atoms with van der Waals surface area (Å²) in [7, 11) is 2.90. The zero-order valence-electron chi connectivity index (χ0n) is 14.8. The van der Waals surface area contributed by atoms with Crippen LogP contribution < -0.4 is 14.4 Å². The van der Waals surface area contributed by atoms with Gasteiger partial charge in [0.05, 0.1) is 14.2 Å². The second kappa shape index (κ2) is 8.84. The first kappa shape index (κ1) is 19.2. The number of carbonyl (C=O) groups is 2. The first-order valence-electron chi connectivity index (χ1n) is 7.95. The van der Waals surface area contributed by atoms with Crippen molar-refractivity contribution in [3.05, 3.63) is 53.8 Å². The van der Waals surface area contributed by atoms with E-state index < -0.39 is 24.3 Å². The first-order chi connectivity index (χ1) is 12.5. The fourth-order valence-corrected chi connectivity index (χ4v) is 2.38. The summed E-state index contributed by atoms with van der Waals surface area (Å²) in [5.41, 5.74) is 0.679. The predicted molar refractivity (Wildman–Crippen MR) is 94.3 cm³/mol. The number of nitrogens with zero attached hydrogens (tertiary/aromatic N) is 1. The molecule has 2 rings (SSSR count). The number of ether oxygens (including phenoxy) is 3. The van der Waals surface area contributed by atoms with Crippen LogP contribution in [-0.4, -0.2) is 39.2 Å². The maximum atomic E-state index is 13.0. The molecule has 0 atom stereocenters. The Labute approximate surface area is 151 Å². The summed E-state index contributed by atoms with van der Waals surface area (Å²) in [4.78, 5) is 26.1. The molecule has 0 heterocycles. The van der Waals surface area contributed by atoms with E-state index in [2.05, 4.69) is 0 Å². The number of likely N-dealkylation sites (N-methyl/N-ethyl adjacent to an activating group) is 1. The zero-order valence-corrected chi connectivity index (χ0v) is 14.8. The van der Waals surface area contributed by atoms with Crippen LogP contribution in [0.15, 0.2) is 42.5 Å². The molecule has 0 radical (unpaired) electrons. The number of halogens is 1. The molecule has 0 fully saturated rings. The highest BCUT2D eigenvalue weighted by atomic mass is 19.1. The van der Waals surface area contributed by atoms with Gasteiger partial charge in [-0.15, -0.1) is 0 Å². The number of carbonyl (C=O) groups excluding carboxylic acids is 2. The third kappa shape index (κ3) is 4.50. The van der Waals surface area contributed by atoms with Crippen molar-refractivity contribution in [1.29, 1.82) is 0 Å². The van der Waals surface area contributed by atoms with Gasteiger partial charge < -0.3 is 19.1 Å². The molecule has 138 valence electrons. The van der Waals surface area contributed by atoms with Gasteiger partial charge in [0.25, 0.3) is 5.91 Å². The highest BCUT2D eigenvalue weighted by Crippen LogP contribution is 2.24. The molecule has 0 aromatic heterocycles. The van der Waals surface area contributed by atoms with E-state index in [0.717, 1.165) is 0 Å². The van der Waals surface area contributed by atoms with Gasteiger partial charge in [-0.1, -0.05) is 0 Å². The van der Waals surface area contributed by atoms with E-state index in [1.807, 2.05) is 0 Å². The van der Waals surface area contributed by atoms with Crippen LogP contribution in [-0.2, 0) is 9.53 Å². The van der Waals surface area contributed by atoms with Crippen molar-refractivity contribution in [2.45, 2.75) is 6.92 Å². The van der Waals surface area contributed by atoms with Crippen LogP contribution in [0, 0.1) is 5.82 Å². The van der Waals surface area contributed by atoms with Crippen LogP contribution in [0.2, 0.25) is 0 Å². The van der Waals surface area contributed by atoms with E-state index in [0.29, 0.717) is 23.7 Å². The third-order valence-electron chi connectivity index (χ3n) is 3.71. The highest BCUT2D eigenvalue weighted by Gasteiger charge is 2.19. The summed E-state index contributed by atoms with van der Waals surface area (Å²) < 4.78 is 28.4. The van der Waals surface area contributed by atoms with E-state index in [9.17, 15) is 14.0 Å². The standard InChI is InChI=1S/C19H20FNO5/c1-4-21(14-7-5-13(20)6-8-14)18(22)12-26-19(23)16-11-15(24-2)9-10-17(16)25-3/h5-11H,4,12H2,1-3H3. The fourth-order valence-electron chi connectivity index (χ4n) is 2.38. The summed E-state index contributed by atoms with van der Waals surface area (Å²) in [6.45, 7) is 1.67. The van der Waals surface area contributed by atoms with Gasteiger partial charge in [-0.05, 0) is 49.4 Å². The van der Waals surface area contributed by atoms with Crippen LogP contribution in [0.1, 0.15) is 17.3 Å². The quantitative estimate of drug-likeness (QED) is 0.709. The number of rotatable bonds is 7. The lowest BCUT2D eigenvalue weighted by molar-refractivity contribution is -0.121. The minimum atomic E-state index is -0.704. The molecule has 0 unspecified atom stereocenters. The number of hydrogen-bond acceptors (Lipinski definition) is 5. The van der Waals surface area contributed by atoms with Crippen LogP contribution in [0.25, 0.3) is 0 Å². The van der Waals surface area contributed by atoms with E-state index >= 15 is 0 Å². The maximum Gasteiger partial charge on any atom is 0.342 e. The molecule has 2 aromatic carbocycles. The van der Waals surface area contributed by atoms with Gasteiger partial charge in [0.1, 0.15) is 22.9 Å². The Morgan fingerprint density at radius 3 is 2.31 bits per heavy atom. The summed E-state index contributed by atoms with van der Waals surface area (Å²) in [6.07, 6.45) is 0. The number of hydrogen-bond donors (Lipinski definition) is 0. The van der Waals surface area contributed by atoms with Gasteiger partial charge in [0, 0.05) is 12.2 Å². The Morgan fingerprint density at radius 2 is 1.73 bits per heavy atom. The molecule has 7 heteroatoms. The Balaban J connectivity index is 2.08. The Hall–Kier alpha value is -3.09. The average Bonchev–Trinajstić information content (AvgIpc) is 2.67. The normalized spacial score (nSPS) is 10.2. The molecular weight excluding hydrogens is 341 g/mol. The van der Waals surface area contributed by atoms with Gasteiger partial charge in [0.2, 0.25) is 0 Å². The van der Waals surface area contributed by atoms with Gasteiger partial charge in [-0.3, -0.25) is 4.79 Å². The molecule has 0 aliphatic carbocycles. The van der Waals surface area contributed by atoms with Crippen LogP contribution in [0.4, 0.5) is 10.1 Å². The molecule has 0 aliphatic rings. The van der Waals surface area contributed by atoms with Crippen LogP contribution >= 0.6 is 0 Å². The Morgan fingerprint density at radius 1 is 1.04 bits per heavy atom. The van der Waals surface area contributed by atoms with Gasteiger partial charge >= 0.3 is 5.97 Å². The number of methoxy groups -OCH3 is 2. The minimum Gasteiger partial charge on any atom is -0.497 e. The number of amides is 1. The summed E-state index contributed by atoms with van der Waals surface area (Å²) >= 11 is 0. The second-order valence-corrected chi connectivity index (χ2v) is 5.26. The minimum absolute atomic E-state index is 0.157. The van der Waals surface area contributed by atoms with Crippen molar-refractivity contribution in [2.24, 2.45) is 0 Å². The van der Waals surface area contributed by atoms with Crippen LogP contribution in [0.3, 0.4) is 0 Å². The number of benzene rings is 2. The second-order valence-electron chi connectivity index (χ2n) is 5.26. The predicted octanol–water partition coefficient (Wildman–Crippen LogP) is 3.05. The molecule has 0 aliphatic heterocycles. The molecule has 0 saturated heterocycles. The van der Waals surface area contributed by atoms with E-state index in [1.54, 1.807) is 19.1 Å². The van der Waals surface area contributed by atoms with Crippen molar-refractivity contribution < 1.29 is 28.2 Å². The molecule has 26 heavy (non-hydrogen) atoms. The summed E-state index contributed by atoms with van der Waals surface area (Å²) in [5.74, 6) is -0.743. The molecule has 1 amide bonds. The summed E-state index contributed by atoms with van der Waals surface area (Å²) in [6, 6.07) is 10.2. The van der Waals surface area contributed by atoms with Gasteiger partial charge in [0.15, 0.2) is 6.61 Å². The monoisotopic (exact) mass is 361 g/mol. The molecule has 0 bridgehead atoms. The van der Waals surface area contributed by atoms with E-state index in [1.165, 1.54) is 49.5 Å². The summed E-state index contributed by atoms with van der Waals surface area (Å²) in [5, 5.41) is 0.